The molecule has 0 radical (unpaired) electrons. The van der Waals surface area contributed by atoms with Gasteiger partial charge in [-0.1, -0.05) is 0 Å². The summed E-state index contributed by atoms with van der Waals surface area (Å²) in [5.41, 5.74) is 4.22. The standard InChI is InChI=1S/C10H10F3NO2/c11-10(12,13)6-1-2-7(8(14)5-6)9(16)3-4-15/h1-2,5,15H,3-4,14H2. The van der Waals surface area contributed by atoms with Crippen molar-refractivity contribution in [3.8, 4) is 0 Å². The summed E-state index contributed by atoms with van der Waals surface area (Å²) in [5.74, 6) is -0.478. The summed E-state index contributed by atoms with van der Waals surface area (Å²) in [4.78, 5) is 11.3. The van der Waals surface area contributed by atoms with Gasteiger partial charge < -0.3 is 10.8 Å². The number of ketones is 1. The van der Waals surface area contributed by atoms with E-state index in [1.54, 1.807) is 0 Å². The van der Waals surface area contributed by atoms with E-state index in [2.05, 4.69) is 0 Å². The largest absolute Gasteiger partial charge is 0.416 e. The maximum absolute atomic E-state index is 12.3. The fourth-order valence-electron chi connectivity index (χ4n) is 1.23. The summed E-state index contributed by atoms with van der Waals surface area (Å²) in [5, 5.41) is 8.53. The van der Waals surface area contributed by atoms with Gasteiger partial charge in [0.2, 0.25) is 0 Å². The molecule has 1 rings (SSSR count). The minimum atomic E-state index is -4.48. The third-order valence-electron chi connectivity index (χ3n) is 2.02. The Bertz CT molecular complexity index is 402. The number of alkyl halides is 3. The summed E-state index contributed by atoms with van der Waals surface area (Å²) >= 11 is 0. The minimum Gasteiger partial charge on any atom is -0.398 e. The first kappa shape index (κ1) is 12.5. The summed E-state index contributed by atoms with van der Waals surface area (Å²) in [6.45, 7) is -0.362. The van der Waals surface area contributed by atoms with Crippen LogP contribution in [0.5, 0.6) is 0 Å². The number of nitrogens with two attached hydrogens (primary N) is 1. The Kier molecular flexibility index (Phi) is 3.54. The molecule has 0 atom stereocenters. The van der Waals surface area contributed by atoms with Crippen LogP contribution in [-0.4, -0.2) is 17.5 Å². The molecule has 16 heavy (non-hydrogen) atoms. The number of nitrogen functional groups attached to an aromatic ring is 1. The van der Waals surface area contributed by atoms with Crippen molar-refractivity contribution < 1.29 is 23.1 Å². The summed E-state index contributed by atoms with van der Waals surface area (Å²) in [6.07, 6.45) is -4.64. The first-order valence-electron chi connectivity index (χ1n) is 4.47. The van der Waals surface area contributed by atoms with Crippen molar-refractivity contribution in [2.24, 2.45) is 0 Å². The van der Waals surface area contributed by atoms with E-state index in [-0.39, 0.29) is 24.3 Å². The molecule has 1 aromatic carbocycles. The van der Waals surface area contributed by atoms with Gasteiger partial charge in [-0.05, 0) is 18.2 Å². The molecule has 88 valence electrons. The molecule has 0 aliphatic rings. The topological polar surface area (TPSA) is 63.3 Å². The number of aliphatic hydroxyl groups excluding tert-OH is 1. The summed E-state index contributed by atoms with van der Waals surface area (Å²) in [7, 11) is 0. The minimum absolute atomic E-state index is 0.00190. The van der Waals surface area contributed by atoms with Gasteiger partial charge >= 0.3 is 6.18 Å². The van der Waals surface area contributed by atoms with Crippen LogP contribution in [-0.2, 0) is 6.18 Å². The molecular weight excluding hydrogens is 223 g/mol. The zero-order chi connectivity index (χ0) is 12.3. The molecule has 0 unspecified atom stereocenters. The highest BCUT2D eigenvalue weighted by atomic mass is 19.4. The third-order valence-corrected chi connectivity index (χ3v) is 2.02. The Morgan fingerprint density at radius 1 is 1.38 bits per heavy atom. The van der Waals surface area contributed by atoms with Gasteiger partial charge in [0.1, 0.15) is 0 Å². The molecule has 0 saturated heterocycles. The summed E-state index contributed by atoms with van der Waals surface area (Å²) in [6, 6.07) is 2.53. The molecule has 3 N–H and O–H groups in total. The number of hydrogen-bond donors (Lipinski definition) is 2. The number of halogens is 3. The Labute approximate surface area is 89.7 Å². The lowest BCUT2D eigenvalue weighted by atomic mass is 10.0. The first-order chi connectivity index (χ1) is 7.36. The van der Waals surface area contributed by atoms with Gasteiger partial charge in [0, 0.05) is 17.7 Å². The van der Waals surface area contributed by atoms with Crippen LogP contribution in [0.2, 0.25) is 0 Å². The van der Waals surface area contributed by atoms with Crippen LogP contribution in [0.25, 0.3) is 0 Å². The second-order valence-electron chi connectivity index (χ2n) is 3.20. The molecule has 0 aromatic heterocycles. The van der Waals surface area contributed by atoms with E-state index in [0.29, 0.717) is 6.07 Å². The van der Waals surface area contributed by atoms with E-state index in [1.807, 2.05) is 0 Å². The molecule has 0 amide bonds. The van der Waals surface area contributed by atoms with Crippen molar-refractivity contribution in [1.82, 2.24) is 0 Å². The number of carbonyl (C=O) groups excluding carboxylic acids is 1. The molecule has 6 heteroatoms. The Morgan fingerprint density at radius 3 is 2.44 bits per heavy atom. The zero-order valence-corrected chi connectivity index (χ0v) is 8.21. The van der Waals surface area contributed by atoms with Gasteiger partial charge in [-0.25, -0.2) is 0 Å². The van der Waals surface area contributed by atoms with Crippen LogP contribution in [0, 0.1) is 0 Å². The molecular formula is C10H10F3NO2. The fourth-order valence-corrected chi connectivity index (χ4v) is 1.23. The lowest BCUT2D eigenvalue weighted by Crippen LogP contribution is -2.10. The maximum atomic E-state index is 12.3. The first-order valence-corrected chi connectivity index (χ1v) is 4.47. The second-order valence-corrected chi connectivity index (χ2v) is 3.20. The quantitative estimate of drug-likeness (QED) is 0.618. The van der Waals surface area contributed by atoms with Gasteiger partial charge in [0.05, 0.1) is 12.2 Å². The number of aliphatic hydroxyl groups is 1. The molecule has 0 bridgehead atoms. The van der Waals surface area contributed by atoms with E-state index >= 15 is 0 Å². The fraction of sp³-hybridized carbons (Fsp3) is 0.300. The molecule has 0 fully saturated rings. The van der Waals surface area contributed by atoms with E-state index in [0.717, 1.165) is 12.1 Å². The Morgan fingerprint density at radius 2 is 2.00 bits per heavy atom. The van der Waals surface area contributed by atoms with Crippen molar-refractivity contribution in [3.63, 3.8) is 0 Å². The number of benzene rings is 1. The predicted molar refractivity (Wildman–Crippen MR) is 51.9 cm³/mol. The van der Waals surface area contributed by atoms with Gasteiger partial charge in [0.25, 0.3) is 0 Å². The molecule has 0 saturated carbocycles. The maximum Gasteiger partial charge on any atom is 0.416 e. The third kappa shape index (κ3) is 2.73. The number of carbonyl (C=O) groups is 1. The van der Waals surface area contributed by atoms with Crippen LogP contribution in [0.3, 0.4) is 0 Å². The van der Waals surface area contributed by atoms with E-state index in [9.17, 15) is 18.0 Å². The smallest absolute Gasteiger partial charge is 0.398 e. The van der Waals surface area contributed by atoms with Gasteiger partial charge in [-0.3, -0.25) is 4.79 Å². The number of hydrogen-bond acceptors (Lipinski definition) is 3. The van der Waals surface area contributed by atoms with Crippen LogP contribution >= 0.6 is 0 Å². The average molecular weight is 233 g/mol. The number of Topliss-reactive ketones (excluding diaryl/α,β-unsaturated/α-hetero) is 1. The van der Waals surface area contributed by atoms with Crippen molar-refractivity contribution in [1.29, 1.82) is 0 Å². The van der Waals surface area contributed by atoms with Gasteiger partial charge in [0.15, 0.2) is 5.78 Å². The van der Waals surface area contributed by atoms with E-state index in [4.69, 9.17) is 10.8 Å². The molecule has 0 spiro atoms. The molecule has 0 heterocycles. The predicted octanol–water partition coefficient (Wildman–Crippen LogP) is 1.85. The molecule has 0 aliphatic heterocycles. The lowest BCUT2D eigenvalue weighted by Gasteiger charge is -2.09. The number of rotatable bonds is 3. The van der Waals surface area contributed by atoms with Crippen LogP contribution in [0.15, 0.2) is 18.2 Å². The van der Waals surface area contributed by atoms with Crippen LogP contribution in [0.4, 0.5) is 18.9 Å². The highest BCUT2D eigenvalue weighted by Gasteiger charge is 2.31. The van der Waals surface area contributed by atoms with Crippen LogP contribution in [0.1, 0.15) is 22.3 Å². The monoisotopic (exact) mass is 233 g/mol. The lowest BCUT2D eigenvalue weighted by molar-refractivity contribution is -0.137. The molecule has 0 aliphatic carbocycles. The summed E-state index contributed by atoms with van der Waals surface area (Å²) < 4.78 is 36.8. The Hall–Kier alpha value is -1.56. The second kappa shape index (κ2) is 4.52. The zero-order valence-electron chi connectivity index (χ0n) is 8.21. The average Bonchev–Trinajstić information content (AvgIpc) is 2.16. The highest BCUT2D eigenvalue weighted by Crippen LogP contribution is 2.31. The van der Waals surface area contributed by atoms with Gasteiger partial charge in [-0.15, -0.1) is 0 Å². The molecule has 3 nitrogen and oxygen atoms in total. The van der Waals surface area contributed by atoms with Crippen molar-refractivity contribution in [3.05, 3.63) is 29.3 Å². The van der Waals surface area contributed by atoms with Crippen LogP contribution < -0.4 is 5.73 Å². The SMILES string of the molecule is Nc1cc(C(F)(F)F)ccc1C(=O)CCO. The van der Waals surface area contributed by atoms with E-state index < -0.39 is 17.5 Å². The molecule has 1 aromatic rings. The van der Waals surface area contributed by atoms with Crippen molar-refractivity contribution >= 4 is 11.5 Å². The van der Waals surface area contributed by atoms with Crippen molar-refractivity contribution in [2.45, 2.75) is 12.6 Å². The number of anilines is 1. The Balaban J connectivity index is 3.05. The highest BCUT2D eigenvalue weighted by molar-refractivity contribution is 6.00. The normalized spacial score (nSPS) is 11.5. The van der Waals surface area contributed by atoms with Gasteiger partial charge in [-0.2, -0.15) is 13.2 Å². The van der Waals surface area contributed by atoms with E-state index in [1.165, 1.54) is 0 Å². The van der Waals surface area contributed by atoms with Crippen molar-refractivity contribution in [2.75, 3.05) is 12.3 Å².